The molecule has 0 aliphatic carbocycles. The lowest BCUT2D eigenvalue weighted by atomic mass is 10.1. The van der Waals surface area contributed by atoms with Crippen LogP contribution in [0, 0.1) is 25.2 Å². The molecule has 7 heteroatoms. The third-order valence-corrected chi connectivity index (χ3v) is 5.26. The van der Waals surface area contributed by atoms with Gasteiger partial charge >= 0.3 is 0 Å². The highest BCUT2D eigenvalue weighted by molar-refractivity contribution is 7.18. The summed E-state index contributed by atoms with van der Waals surface area (Å²) in [7, 11) is 3.11. The molecule has 0 aliphatic heterocycles. The van der Waals surface area contributed by atoms with Gasteiger partial charge in [0.25, 0.3) is 5.56 Å². The Morgan fingerprint density at radius 3 is 2.73 bits per heavy atom. The molecule has 0 saturated heterocycles. The second-order valence-electron chi connectivity index (χ2n) is 5.66. The molecule has 0 bridgehead atoms. The number of nitriles is 1. The molecule has 3 rings (SSSR count). The standard InChI is InChI=1S/C19H17N3O3S/c1-10-11(2)26-19-16(10)18(23)21-17(22-19)13(9-20)7-12-5-6-14(24-3)8-15(12)25-4/h5-8H,1-4H3,(H,21,22,23)/b13-7+. The molecule has 0 amide bonds. The normalized spacial score (nSPS) is 11.4. The van der Waals surface area contributed by atoms with Crippen LogP contribution in [0.1, 0.15) is 21.8 Å². The number of aryl methyl sites for hydroxylation is 2. The van der Waals surface area contributed by atoms with Gasteiger partial charge in [-0.3, -0.25) is 4.79 Å². The van der Waals surface area contributed by atoms with Crippen molar-refractivity contribution in [3.8, 4) is 17.6 Å². The van der Waals surface area contributed by atoms with Crippen molar-refractivity contribution < 1.29 is 9.47 Å². The fourth-order valence-corrected chi connectivity index (χ4v) is 3.66. The zero-order valence-corrected chi connectivity index (χ0v) is 15.7. The molecule has 1 aromatic carbocycles. The number of rotatable bonds is 4. The smallest absolute Gasteiger partial charge is 0.260 e. The fraction of sp³-hybridized carbons (Fsp3) is 0.211. The number of hydrogen-bond acceptors (Lipinski definition) is 6. The van der Waals surface area contributed by atoms with Crippen LogP contribution in [-0.4, -0.2) is 24.2 Å². The predicted octanol–water partition coefficient (Wildman–Crippen LogP) is 3.68. The Labute approximate surface area is 154 Å². The van der Waals surface area contributed by atoms with Gasteiger partial charge in [-0.05, 0) is 37.6 Å². The van der Waals surface area contributed by atoms with Crippen LogP contribution in [0.25, 0.3) is 21.9 Å². The number of benzene rings is 1. The number of H-pyrrole nitrogens is 1. The van der Waals surface area contributed by atoms with Crippen molar-refractivity contribution >= 4 is 33.2 Å². The first kappa shape index (κ1) is 17.7. The third-order valence-electron chi connectivity index (χ3n) is 4.16. The van der Waals surface area contributed by atoms with Crippen molar-refractivity contribution in [2.24, 2.45) is 0 Å². The van der Waals surface area contributed by atoms with E-state index in [0.29, 0.717) is 27.3 Å². The number of thiophene rings is 1. The molecule has 26 heavy (non-hydrogen) atoms. The number of aromatic amines is 1. The van der Waals surface area contributed by atoms with Gasteiger partial charge in [-0.2, -0.15) is 5.26 Å². The highest BCUT2D eigenvalue weighted by atomic mass is 32.1. The van der Waals surface area contributed by atoms with E-state index in [2.05, 4.69) is 16.0 Å². The van der Waals surface area contributed by atoms with Gasteiger partial charge in [0.15, 0.2) is 5.82 Å². The van der Waals surface area contributed by atoms with E-state index < -0.39 is 0 Å². The molecule has 0 radical (unpaired) electrons. The molecule has 0 unspecified atom stereocenters. The zero-order valence-electron chi connectivity index (χ0n) is 14.8. The van der Waals surface area contributed by atoms with E-state index in [9.17, 15) is 10.1 Å². The zero-order chi connectivity index (χ0) is 18.8. The lowest BCUT2D eigenvalue weighted by Gasteiger charge is -2.08. The summed E-state index contributed by atoms with van der Waals surface area (Å²) in [6.07, 6.45) is 1.63. The highest BCUT2D eigenvalue weighted by Crippen LogP contribution is 2.29. The van der Waals surface area contributed by atoms with Crippen molar-refractivity contribution in [3.05, 3.63) is 50.4 Å². The lowest BCUT2D eigenvalue weighted by Crippen LogP contribution is -2.10. The predicted molar refractivity (Wildman–Crippen MR) is 103 cm³/mol. The molecule has 0 spiro atoms. The Hall–Kier alpha value is -3.11. The summed E-state index contributed by atoms with van der Waals surface area (Å²) in [5.41, 5.74) is 1.61. The Balaban J connectivity index is 2.16. The van der Waals surface area contributed by atoms with E-state index >= 15 is 0 Å². The molecular weight excluding hydrogens is 350 g/mol. The summed E-state index contributed by atoms with van der Waals surface area (Å²) in [5, 5.41) is 10.2. The molecule has 0 aliphatic rings. The minimum atomic E-state index is -0.241. The molecule has 3 aromatic rings. The summed E-state index contributed by atoms with van der Waals surface area (Å²) < 4.78 is 10.5. The monoisotopic (exact) mass is 367 g/mol. The number of allylic oxidation sites excluding steroid dienone is 1. The Bertz CT molecular complexity index is 1120. The van der Waals surface area contributed by atoms with Crippen LogP contribution < -0.4 is 15.0 Å². The molecule has 2 heterocycles. The number of nitrogens with one attached hydrogen (secondary N) is 1. The van der Waals surface area contributed by atoms with Gasteiger partial charge < -0.3 is 14.5 Å². The molecule has 1 N–H and O–H groups in total. The van der Waals surface area contributed by atoms with E-state index in [1.165, 1.54) is 11.3 Å². The molecule has 0 saturated carbocycles. The first-order valence-corrected chi connectivity index (χ1v) is 8.64. The Morgan fingerprint density at radius 1 is 1.31 bits per heavy atom. The van der Waals surface area contributed by atoms with Crippen LogP contribution in [0.5, 0.6) is 11.5 Å². The maximum Gasteiger partial charge on any atom is 0.260 e. The van der Waals surface area contributed by atoms with Crippen LogP contribution in [0.3, 0.4) is 0 Å². The SMILES string of the molecule is COc1ccc(/C=C(\C#N)c2nc3sc(C)c(C)c3c(=O)[nH]2)c(OC)c1. The third kappa shape index (κ3) is 3.07. The van der Waals surface area contributed by atoms with Gasteiger partial charge in [0.05, 0.1) is 25.2 Å². The summed E-state index contributed by atoms with van der Waals surface area (Å²) in [4.78, 5) is 21.3. The summed E-state index contributed by atoms with van der Waals surface area (Å²) in [5.74, 6) is 1.45. The number of hydrogen-bond donors (Lipinski definition) is 1. The molecule has 0 atom stereocenters. The summed E-state index contributed by atoms with van der Waals surface area (Å²) in [6, 6.07) is 7.39. The Kier molecular flexibility index (Phi) is 4.78. The van der Waals surface area contributed by atoms with Crippen LogP contribution in [-0.2, 0) is 0 Å². The van der Waals surface area contributed by atoms with Gasteiger partial charge in [0.2, 0.25) is 0 Å². The van der Waals surface area contributed by atoms with Gasteiger partial charge in [-0.25, -0.2) is 4.98 Å². The van der Waals surface area contributed by atoms with E-state index in [1.807, 2.05) is 13.8 Å². The average molecular weight is 367 g/mol. The topological polar surface area (TPSA) is 88.0 Å². The first-order chi connectivity index (χ1) is 12.5. The minimum absolute atomic E-state index is 0.240. The average Bonchev–Trinajstić information content (AvgIpc) is 2.93. The van der Waals surface area contributed by atoms with Gasteiger partial charge in [0, 0.05) is 16.5 Å². The number of nitrogens with zero attached hydrogens (tertiary/aromatic N) is 2. The van der Waals surface area contributed by atoms with Gasteiger partial charge in [0.1, 0.15) is 22.4 Å². The number of ether oxygens (including phenoxy) is 2. The molecule has 6 nitrogen and oxygen atoms in total. The number of aromatic nitrogens is 2. The second kappa shape index (κ2) is 7.02. The van der Waals surface area contributed by atoms with E-state index in [-0.39, 0.29) is 17.0 Å². The van der Waals surface area contributed by atoms with Crippen LogP contribution in [0.15, 0.2) is 23.0 Å². The van der Waals surface area contributed by atoms with Crippen LogP contribution >= 0.6 is 11.3 Å². The maximum absolute atomic E-state index is 12.4. The van der Waals surface area contributed by atoms with Crippen molar-refractivity contribution in [2.75, 3.05) is 14.2 Å². The van der Waals surface area contributed by atoms with E-state index in [0.717, 1.165) is 10.4 Å². The van der Waals surface area contributed by atoms with Crippen molar-refractivity contribution in [1.82, 2.24) is 9.97 Å². The first-order valence-electron chi connectivity index (χ1n) is 7.82. The lowest BCUT2D eigenvalue weighted by molar-refractivity contribution is 0.394. The second-order valence-corrected chi connectivity index (χ2v) is 6.86. The van der Waals surface area contributed by atoms with Crippen molar-refractivity contribution in [2.45, 2.75) is 13.8 Å². The van der Waals surface area contributed by atoms with E-state index in [4.69, 9.17) is 9.47 Å². The molecule has 0 fully saturated rings. The highest BCUT2D eigenvalue weighted by Gasteiger charge is 2.14. The largest absolute Gasteiger partial charge is 0.497 e. The fourth-order valence-electron chi connectivity index (χ4n) is 2.63. The molecule has 2 aromatic heterocycles. The van der Waals surface area contributed by atoms with Crippen molar-refractivity contribution in [1.29, 1.82) is 5.26 Å². The number of fused-ring (bicyclic) bond motifs is 1. The molecular formula is C19H17N3O3S. The maximum atomic E-state index is 12.4. The van der Waals surface area contributed by atoms with Crippen LogP contribution in [0.2, 0.25) is 0 Å². The molecule has 132 valence electrons. The minimum Gasteiger partial charge on any atom is -0.497 e. The summed E-state index contributed by atoms with van der Waals surface area (Å²) >= 11 is 1.44. The van der Waals surface area contributed by atoms with Gasteiger partial charge in [-0.15, -0.1) is 11.3 Å². The quantitative estimate of drug-likeness (QED) is 0.711. The van der Waals surface area contributed by atoms with Gasteiger partial charge in [-0.1, -0.05) is 0 Å². The van der Waals surface area contributed by atoms with E-state index in [1.54, 1.807) is 38.5 Å². The number of methoxy groups -OCH3 is 2. The van der Waals surface area contributed by atoms with Crippen molar-refractivity contribution in [3.63, 3.8) is 0 Å². The van der Waals surface area contributed by atoms with Crippen LogP contribution in [0.4, 0.5) is 0 Å². The Morgan fingerprint density at radius 2 is 2.08 bits per heavy atom. The summed E-state index contributed by atoms with van der Waals surface area (Å²) in [6.45, 7) is 3.85.